The number of urea groups is 1. The molecule has 7 nitrogen and oxygen atoms in total. The third-order valence-corrected chi connectivity index (χ3v) is 6.25. The third-order valence-electron chi connectivity index (χ3n) is 6.25. The van der Waals surface area contributed by atoms with E-state index in [9.17, 15) is 9.59 Å². The van der Waals surface area contributed by atoms with Gasteiger partial charge in [0, 0.05) is 30.0 Å². The van der Waals surface area contributed by atoms with E-state index in [0.29, 0.717) is 36.9 Å². The number of carbonyl (C=O) groups is 2. The number of nitrogens with one attached hydrogen (secondary N) is 2. The molecule has 4 rings (SSSR count). The first kappa shape index (κ1) is 25.1. The number of anilines is 2. The standard InChI is InChI=1S/C29H33N3O4/c1-5-26-28(33)32(17-20-7-6-8-25(15-20)35-4)18-22-16-24(13-14-27(22)36-26)31-29(34)30-23-11-9-21(10-12-23)19(2)3/h6-16,19,26H,5,17-18H2,1-4H3,(H2,30,31,34)/t26-/m0/s1. The molecule has 7 heteroatoms. The van der Waals surface area contributed by atoms with Crippen LogP contribution in [-0.2, 0) is 17.9 Å². The molecule has 0 saturated heterocycles. The number of rotatable bonds is 7. The number of ether oxygens (including phenoxy) is 2. The van der Waals surface area contributed by atoms with Crippen molar-refractivity contribution >= 4 is 23.3 Å². The molecule has 0 saturated carbocycles. The van der Waals surface area contributed by atoms with Crippen molar-refractivity contribution in [2.45, 2.75) is 52.3 Å². The van der Waals surface area contributed by atoms with Gasteiger partial charge in [0.2, 0.25) is 0 Å². The lowest BCUT2D eigenvalue weighted by molar-refractivity contribution is -0.139. The summed E-state index contributed by atoms with van der Waals surface area (Å²) in [6.45, 7) is 7.00. The molecule has 0 aliphatic carbocycles. The van der Waals surface area contributed by atoms with Gasteiger partial charge in [-0.05, 0) is 65.9 Å². The van der Waals surface area contributed by atoms with Gasteiger partial charge in [-0.15, -0.1) is 0 Å². The fourth-order valence-electron chi connectivity index (χ4n) is 4.21. The number of benzene rings is 3. The number of carbonyl (C=O) groups excluding carboxylic acids is 2. The summed E-state index contributed by atoms with van der Waals surface area (Å²) in [5, 5.41) is 5.76. The molecule has 188 valence electrons. The Hall–Kier alpha value is -4.00. The Balaban J connectivity index is 1.50. The van der Waals surface area contributed by atoms with E-state index in [0.717, 1.165) is 22.6 Å². The number of methoxy groups -OCH3 is 1. The van der Waals surface area contributed by atoms with Gasteiger partial charge in [0.15, 0.2) is 6.10 Å². The zero-order valence-corrected chi connectivity index (χ0v) is 21.2. The predicted molar refractivity (Wildman–Crippen MR) is 142 cm³/mol. The maximum absolute atomic E-state index is 13.2. The van der Waals surface area contributed by atoms with E-state index in [4.69, 9.17) is 9.47 Å². The fourth-order valence-corrected chi connectivity index (χ4v) is 4.21. The van der Waals surface area contributed by atoms with Gasteiger partial charge in [-0.25, -0.2) is 4.79 Å². The van der Waals surface area contributed by atoms with Crippen LogP contribution in [0.3, 0.4) is 0 Å². The van der Waals surface area contributed by atoms with Crippen LogP contribution in [0.5, 0.6) is 11.5 Å². The highest BCUT2D eigenvalue weighted by molar-refractivity contribution is 5.99. The largest absolute Gasteiger partial charge is 0.497 e. The van der Waals surface area contributed by atoms with Crippen LogP contribution in [0.25, 0.3) is 0 Å². The minimum absolute atomic E-state index is 0.0615. The summed E-state index contributed by atoms with van der Waals surface area (Å²) in [5.41, 5.74) is 4.36. The summed E-state index contributed by atoms with van der Waals surface area (Å²) >= 11 is 0. The van der Waals surface area contributed by atoms with E-state index in [-0.39, 0.29) is 11.9 Å². The van der Waals surface area contributed by atoms with E-state index in [1.165, 1.54) is 5.56 Å². The van der Waals surface area contributed by atoms with Gasteiger partial charge in [0.05, 0.1) is 7.11 Å². The van der Waals surface area contributed by atoms with Crippen LogP contribution in [0, 0.1) is 0 Å². The molecule has 1 heterocycles. The molecule has 1 aliphatic rings. The molecular formula is C29H33N3O4. The molecular weight excluding hydrogens is 454 g/mol. The summed E-state index contributed by atoms with van der Waals surface area (Å²) in [5.74, 6) is 1.76. The van der Waals surface area contributed by atoms with Gasteiger partial charge >= 0.3 is 6.03 Å². The zero-order valence-electron chi connectivity index (χ0n) is 21.2. The average Bonchev–Trinajstić information content (AvgIpc) is 3.00. The molecule has 0 unspecified atom stereocenters. The SMILES string of the molecule is CC[C@@H]1Oc2ccc(NC(=O)Nc3ccc(C(C)C)cc3)cc2CN(Cc2cccc(OC)c2)C1=O. The van der Waals surface area contributed by atoms with Crippen LogP contribution in [0.2, 0.25) is 0 Å². The van der Waals surface area contributed by atoms with Gasteiger partial charge in [-0.1, -0.05) is 45.0 Å². The highest BCUT2D eigenvalue weighted by atomic mass is 16.5. The summed E-state index contributed by atoms with van der Waals surface area (Å²) < 4.78 is 11.4. The minimum Gasteiger partial charge on any atom is -0.497 e. The van der Waals surface area contributed by atoms with Crippen molar-refractivity contribution in [2.24, 2.45) is 0 Å². The lowest BCUT2D eigenvalue weighted by Crippen LogP contribution is -2.38. The van der Waals surface area contributed by atoms with E-state index >= 15 is 0 Å². The average molecular weight is 488 g/mol. The quantitative estimate of drug-likeness (QED) is 0.418. The maximum atomic E-state index is 13.2. The number of hydrogen-bond donors (Lipinski definition) is 2. The zero-order chi connectivity index (χ0) is 25.7. The van der Waals surface area contributed by atoms with Crippen LogP contribution in [-0.4, -0.2) is 30.1 Å². The highest BCUT2D eigenvalue weighted by Gasteiger charge is 2.30. The molecule has 0 aromatic heterocycles. The van der Waals surface area contributed by atoms with E-state index < -0.39 is 6.10 Å². The summed E-state index contributed by atoms with van der Waals surface area (Å²) in [6, 6.07) is 20.6. The Labute approximate surface area is 212 Å². The minimum atomic E-state index is -0.562. The number of nitrogens with zero attached hydrogens (tertiary/aromatic N) is 1. The van der Waals surface area contributed by atoms with Crippen LogP contribution >= 0.6 is 0 Å². The summed E-state index contributed by atoms with van der Waals surface area (Å²) in [4.78, 5) is 27.6. The van der Waals surface area contributed by atoms with E-state index in [1.807, 2.05) is 67.6 Å². The molecule has 3 aromatic carbocycles. The first-order valence-corrected chi connectivity index (χ1v) is 12.3. The molecule has 0 spiro atoms. The highest BCUT2D eigenvalue weighted by Crippen LogP contribution is 2.30. The lowest BCUT2D eigenvalue weighted by Gasteiger charge is -2.23. The van der Waals surface area contributed by atoms with Crippen molar-refractivity contribution in [1.29, 1.82) is 0 Å². The molecule has 0 bridgehead atoms. The van der Waals surface area contributed by atoms with Gasteiger partial charge in [-0.2, -0.15) is 0 Å². The Morgan fingerprint density at radius 1 is 1.06 bits per heavy atom. The third kappa shape index (κ3) is 5.97. The maximum Gasteiger partial charge on any atom is 0.323 e. The van der Waals surface area contributed by atoms with E-state index in [1.54, 1.807) is 18.1 Å². The smallest absolute Gasteiger partial charge is 0.323 e. The van der Waals surface area contributed by atoms with Gasteiger partial charge in [0.1, 0.15) is 11.5 Å². The normalized spacial score (nSPS) is 15.1. The van der Waals surface area contributed by atoms with Crippen LogP contribution in [0.1, 0.15) is 49.8 Å². The molecule has 1 aliphatic heterocycles. The van der Waals surface area contributed by atoms with Crippen LogP contribution < -0.4 is 20.1 Å². The predicted octanol–water partition coefficient (Wildman–Crippen LogP) is 6.16. The topological polar surface area (TPSA) is 79.9 Å². The molecule has 3 aromatic rings. The van der Waals surface area contributed by atoms with Gasteiger partial charge in [0.25, 0.3) is 5.91 Å². The van der Waals surface area contributed by atoms with Gasteiger partial charge < -0.3 is 25.0 Å². The first-order valence-electron chi connectivity index (χ1n) is 12.3. The Morgan fingerprint density at radius 2 is 1.78 bits per heavy atom. The second kappa shape index (κ2) is 11.2. The van der Waals surface area contributed by atoms with Crippen molar-refractivity contribution in [3.63, 3.8) is 0 Å². The van der Waals surface area contributed by atoms with Crippen molar-refractivity contribution < 1.29 is 19.1 Å². The van der Waals surface area contributed by atoms with Crippen molar-refractivity contribution in [3.8, 4) is 11.5 Å². The monoisotopic (exact) mass is 487 g/mol. The molecule has 0 radical (unpaired) electrons. The van der Waals surface area contributed by atoms with Gasteiger partial charge in [-0.3, -0.25) is 4.79 Å². The molecule has 3 amide bonds. The Bertz CT molecular complexity index is 1220. The fraction of sp³-hybridized carbons (Fsp3) is 0.310. The lowest BCUT2D eigenvalue weighted by atomic mass is 10.0. The van der Waals surface area contributed by atoms with Crippen LogP contribution in [0.4, 0.5) is 16.2 Å². The number of fused-ring (bicyclic) bond motifs is 1. The summed E-state index contributed by atoms with van der Waals surface area (Å²) in [7, 11) is 1.62. The van der Waals surface area contributed by atoms with Crippen molar-refractivity contribution in [2.75, 3.05) is 17.7 Å². The number of hydrogen-bond acceptors (Lipinski definition) is 4. The number of amides is 3. The van der Waals surface area contributed by atoms with E-state index in [2.05, 4.69) is 24.5 Å². The first-order chi connectivity index (χ1) is 17.4. The Kier molecular flexibility index (Phi) is 7.78. The molecule has 1 atom stereocenters. The second-order valence-corrected chi connectivity index (χ2v) is 9.24. The van der Waals surface area contributed by atoms with Crippen molar-refractivity contribution in [3.05, 3.63) is 83.4 Å². The molecule has 36 heavy (non-hydrogen) atoms. The van der Waals surface area contributed by atoms with Crippen LogP contribution in [0.15, 0.2) is 66.7 Å². The molecule has 2 N–H and O–H groups in total. The molecule has 0 fully saturated rings. The Morgan fingerprint density at radius 3 is 2.47 bits per heavy atom. The summed E-state index contributed by atoms with van der Waals surface area (Å²) in [6.07, 6.45) is -0.00184. The second-order valence-electron chi connectivity index (χ2n) is 9.24. The van der Waals surface area contributed by atoms with Crippen molar-refractivity contribution in [1.82, 2.24) is 4.90 Å².